The molecule has 0 unspecified atom stereocenters. The summed E-state index contributed by atoms with van der Waals surface area (Å²) in [5.41, 5.74) is 1.14. The molecule has 0 radical (unpaired) electrons. The fraction of sp³-hybridized carbons (Fsp3) is 0.571. The lowest BCUT2D eigenvalue weighted by atomic mass is 10.3. The van der Waals surface area contributed by atoms with Crippen LogP contribution in [-0.4, -0.2) is 38.2 Å². The number of nitrogens with zero attached hydrogens (tertiary/aromatic N) is 1. The number of likely N-dealkylation sites (tertiary alicyclic amines) is 1. The van der Waals surface area contributed by atoms with E-state index in [2.05, 4.69) is 38.3 Å². The van der Waals surface area contributed by atoms with Crippen LogP contribution in [-0.2, 0) is 0 Å². The Bertz CT molecular complexity index is 378. The molecule has 100 valence electrons. The minimum Gasteiger partial charge on any atom is -0.496 e. The molecule has 1 fully saturated rings. The molecule has 1 aliphatic heterocycles. The van der Waals surface area contributed by atoms with E-state index in [1.54, 1.807) is 7.11 Å². The van der Waals surface area contributed by atoms with Gasteiger partial charge in [-0.25, -0.2) is 0 Å². The van der Waals surface area contributed by atoms with Gasteiger partial charge < -0.3 is 15.0 Å². The summed E-state index contributed by atoms with van der Waals surface area (Å²) in [6, 6.07) is 6.10. The highest BCUT2D eigenvalue weighted by molar-refractivity contribution is 9.10. The lowest BCUT2D eigenvalue weighted by Gasteiger charge is -2.15. The van der Waals surface area contributed by atoms with Gasteiger partial charge in [-0.05, 0) is 73.0 Å². The third-order valence-electron chi connectivity index (χ3n) is 3.33. The Morgan fingerprint density at radius 2 is 2.11 bits per heavy atom. The van der Waals surface area contributed by atoms with E-state index in [1.807, 2.05) is 6.07 Å². The molecular formula is C14H21BrN2O. The van der Waals surface area contributed by atoms with Crippen LogP contribution in [0.5, 0.6) is 5.75 Å². The van der Waals surface area contributed by atoms with Gasteiger partial charge in [0.05, 0.1) is 11.6 Å². The summed E-state index contributed by atoms with van der Waals surface area (Å²) in [5, 5.41) is 3.45. The second-order valence-corrected chi connectivity index (χ2v) is 5.53. The van der Waals surface area contributed by atoms with Crippen LogP contribution in [0.25, 0.3) is 0 Å². The minimum atomic E-state index is 0.873. The van der Waals surface area contributed by atoms with E-state index in [0.29, 0.717) is 0 Å². The molecule has 1 aromatic rings. The Hall–Kier alpha value is -0.740. The predicted molar refractivity (Wildman–Crippen MR) is 79.5 cm³/mol. The molecule has 0 spiro atoms. The Morgan fingerprint density at radius 3 is 2.78 bits per heavy atom. The lowest BCUT2D eigenvalue weighted by molar-refractivity contribution is 0.337. The van der Waals surface area contributed by atoms with Crippen LogP contribution in [0.1, 0.15) is 19.3 Å². The molecule has 0 amide bonds. The van der Waals surface area contributed by atoms with E-state index < -0.39 is 0 Å². The molecular weight excluding hydrogens is 292 g/mol. The summed E-state index contributed by atoms with van der Waals surface area (Å²) in [7, 11) is 1.68. The summed E-state index contributed by atoms with van der Waals surface area (Å²) in [6.45, 7) is 4.81. The molecule has 1 heterocycles. The average molecular weight is 313 g/mol. The van der Waals surface area contributed by atoms with Crippen molar-refractivity contribution in [3.63, 3.8) is 0 Å². The zero-order valence-electron chi connectivity index (χ0n) is 10.9. The van der Waals surface area contributed by atoms with Gasteiger partial charge in [-0.2, -0.15) is 0 Å². The van der Waals surface area contributed by atoms with Crippen molar-refractivity contribution in [3.05, 3.63) is 22.7 Å². The van der Waals surface area contributed by atoms with E-state index in [1.165, 1.54) is 38.9 Å². The summed E-state index contributed by atoms with van der Waals surface area (Å²) in [5.74, 6) is 0.873. The fourth-order valence-corrected chi connectivity index (χ4v) is 2.86. The molecule has 0 bridgehead atoms. The summed E-state index contributed by atoms with van der Waals surface area (Å²) in [4.78, 5) is 2.55. The van der Waals surface area contributed by atoms with Crippen molar-refractivity contribution < 1.29 is 4.74 Å². The van der Waals surface area contributed by atoms with Crippen molar-refractivity contribution in [3.8, 4) is 5.75 Å². The molecule has 0 saturated carbocycles. The zero-order chi connectivity index (χ0) is 12.8. The van der Waals surface area contributed by atoms with Gasteiger partial charge in [0.2, 0.25) is 0 Å². The Labute approximate surface area is 118 Å². The Kier molecular flexibility index (Phi) is 5.32. The second kappa shape index (κ2) is 7.00. The van der Waals surface area contributed by atoms with Crippen molar-refractivity contribution in [2.24, 2.45) is 0 Å². The Balaban J connectivity index is 1.71. The first-order valence-corrected chi connectivity index (χ1v) is 7.38. The quantitative estimate of drug-likeness (QED) is 0.815. The molecule has 3 nitrogen and oxygen atoms in total. The van der Waals surface area contributed by atoms with Crippen molar-refractivity contribution in [1.82, 2.24) is 4.90 Å². The molecule has 1 aliphatic rings. The largest absolute Gasteiger partial charge is 0.496 e. The molecule has 0 atom stereocenters. The number of halogens is 1. The van der Waals surface area contributed by atoms with E-state index in [9.17, 15) is 0 Å². The third kappa shape index (κ3) is 3.89. The molecule has 1 aromatic carbocycles. The van der Waals surface area contributed by atoms with Crippen LogP contribution in [0.2, 0.25) is 0 Å². The van der Waals surface area contributed by atoms with Gasteiger partial charge in [-0.3, -0.25) is 0 Å². The maximum Gasteiger partial charge on any atom is 0.133 e. The highest BCUT2D eigenvalue weighted by Crippen LogP contribution is 2.27. The van der Waals surface area contributed by atoms with Crippen molar-refractivity contribution in [2.75, 3.05) is 38.6 Å². The van der Waals surface area contributed by atoms with Gasteiger partial charge >= 0.3 is 0 Å². The molecule has 0 aliphatic carbocycles. The molecule has 18 heavy (non-hydrogen) atoms. The topological polar surface area (TPSA) is 24.5 Å². The van der Waals surface area contributed by atoms with E-state index in [4.69, 9.17) is 4.74 Å². The number of anilines is 1. The standard InChI is InChI=1S/C14H21BrN2O/c1-18-14-6-5-12(11-13(14)15)16-7-4-10-17-8-2-3-9-17/h5-6,11,16H,2-4,7-10H2,1H3. The van der Waals surface area contributed by atoms with Crippen LogP contribution in [0.4, 0.5) is 5.69 Å². The van der Waals surface area contributed by atoms with Gasteiger partial charge in [0.15, 0.2) is 0 Å². The third-order valence-corrected chi connectivity index (χ3v) is 3.95. The maximum atomic E-state index is 5.21. The summed E-state index contributed by atoms with van der Waals surface area (Å²) in [6.07, 6.45) is 3.95. The maximum absolute atomic E-state index is 5.21. The van der Waals surface area contributed by atoms with Gasteiger partial charge in [-0.1, -0.05) is 0 Å². The van der Waals surface area contributed by atoms with Gasteiger partial charge in [0.25, 0.3) is 0 Å². The first-order valence-electron chi connectivity index (χ1n) is 6.59. The first kappa shape index (κ1) is 13.7. The average Bonchev–Trinajstić information content (AvgIpc) is 2.88. The van der Waals surface area contributed by atoms with Crippen molar-refractivity contribution >= 4 is 21.6 Å². The molecule has 1 N–H and O–H groups in total. The van der Waals surface area contributed by atoms with Crippen LogP contribution in [0.15, 0.2) is 22.7 Å². The number of ether oxygens (including phenoxy) is 1. The number of methoxy groups -OCH3 is 1. The van der Waals surface area contributed by atoms with Gasteiger partial charge in [0, 0.05) is 12.2 Å². The number of hydrogen-bond donors (Lipinski definition) is 1. The SMILES string of the molecule is COc1ccc(NCCCN2CCCC2)cc1Br. The second-order valence-electron chi connectivity index (χ2n) is 4.68. The number of benzene rings is 1. The molecule has 1 saturated heterocycles. The smallest absolute Gasteiger partial charge is 0.133 e. The number of nitrogens with one attached hydrogen (secondary N) is 1. The number of hydrogen-bond acceptors (Lipinski definition) is 3. The summed E-state index contributed by atoms with van der Waals surface area (Å²) < 4.78 is 6.21. The minimum absolute atomic E-state index is 0.873. The highest BCUT2D eigenvalue weighted by Gasteiger charge is 2.10. The van der Waals surface area contributed by atoms with Gasteiger partial charge in [0.1, 0.15) is 5.75 Å². The van der Waals surface area contributed by atoms with E-state index >= 15 is 0 Å². The van der Waals surface area contributed by atoms with Gasteiger partial charge in [-0.15, -0.1) is 0 Å². The normalized spacial score (nSPS) is 15.9. The fourth-order valence-electron chi connectivity index (χ4n) is 2.32. The van der Waals surface area contributed by atoms with Crippen LogP contribution < -0.4 is 10.1 Å². The van der Waals surface area contributed by atoms with Crippen molar-refractivity contribution in [1.29, 1.82) is 0 Å². The number of rotatable bonds is 6. The first-order chi connectivity index (χ1) is 8.79. The van der Waals surface area contributed by atoms with E-state index in [-0.39, 0.29) is 0 Å². The molecule has 2 rings (SSSR count). The zero-order valence-corrected chi connectivity index (χ0v) is 12.5. The Morgan fingerprint density at radius 1 is 1.33 bits per heavy atom. The van der Waals surface area contributed by atoms with Crippen LogP contribution in [0, 0.1) is 0 Å². The van der Waals surface area contributed by atoms with Crippen LogP contribution >= 0.6 is 15.9 Å². The molecule has 0 aromatic heterocycles. The molecule has 4 heteroatoms. The van der Waals surface area contributed by atoms with E-state index in [0.717, 1.165) is 22.5 Å². The summed E-state index contributed by atoms with van der Waals surface area (Å²) >= 11 is 3.50. The lowest BCUT2D eigenvalue weighted by Crippen LogP contribution is -2.22. The highest BCUT2D eigenvalue weighted by atomic mass is 79.9. The van der Waals surface area contributed by atoms with Crippen LogP contribution in [0.3, 0.4) is 0 Å². The predicted octanol–water partition coefficient (Wildman–Crippen LogP) is 3.36. The van der Waals surface area contributed by atoms with Crippen molar-refractivity contribution in [2.45, 2.75) is 19.3 Å². The monoisotopic (exact) mass is 312 g/mol.